The molecule has 0 amide bonds. The largest absolute Gasteiger partial charge is 0.461 e. The van der Waals surface area contributed by atoms with Crippen molar-refractivity contribution in [2.45, 2.75) is 39.7 Å². The summed E-state index contributed by atoms with van der Waals surface area (Å²) in [6.07, 6.45) is -0.139. The lowest BCUT2D eigenvalue weighted by Gasteiger charge is -2.08. The molecule has 0 aliphatic carbocycles. The van der Waals surface area contributed by atoms with Gasteiger partial charge < -0.3 is 9.30 Å². The van der Waals surface area contributed by atoms with Gasteiger partial charge in [0.1, 0.15) is 5.69 Å². The summed E-state index contributed by atoms with van der Waals surface area (Å²) in [5.74, 6) is -0.369. The highest BCUT2D eigenvalue weighted by molar-refractivity contribution is 5.95. The average molecular weight is 321 g/mol. The molecule has 0 spiro atoms. The number of fused-ring (bicyclic) bond motifs is 1. The molecule has 23 heavy (non-hydrogen) atoms. The predicted octanol–water partition coefficient (Wildman–Crippen LogP) is 5.16. The van der Waals surface area contributed by atoms with Crippen LogP contribution in [0.25, 0.3) is 10.9 Å². The van der Waals surface area contributed by atoms with Gasteiger partial charge in [-0.1, -0.05) is 18.2 Å². The second-order valence-corrected chi connectivity index (χ2v) is 5.47. The number of carbonyl (C=O) groups excluding carboxylic acids is 1. The third-order valence-corrected chi connectivity index (χ3v) is 3.84. The van der Waals surface area contributed by atoms with Crippen LogP contribution in [0.3, 0.4) is 0 Å². The van der Waals surface area contributed by atoms with Crippen LogP contribution in [0.5, 0.6) is 0 Å². The molecule has 0 fully saturated rings. The number of hydrogen-bond donors (Lipinski definition) is 0. The molecule has 0 radical (unpaired) electrons. The van der Waals surface area contributed by atoms with Gasteiger partial charge in [0, 0.05) is 17.4 Å². The van der Waals surface area contributed by atoms with Gasteiger partial charge in [-0.25, -0.2) is 4.79 Å². The van der Waals surface area contributed by atoms with Gasteiger partial charge in [0.05, 0.1) is 6.61 Å². The molecule has 0 unspecified atom stereocenters. The molecule has 124 valence electrons. The van der Waals surface area contributed by atoms with E-state index in [2.05, 4.69) is 0 Å². The van der Waals surface area contributed by atoms with Crippen LogP contribution in [0.15, 0.2) is 42.0 Å². The monoisotopic (exact) mass is 321 g/mol. The molecule has 0 saturated carbocycles. The first-order chi connectivity index (χ1) is 11.0. The normalized spacial score (nSPS) is 10.8. The zero-order valence-electron chi connectivity index (χ0n) is 13.4. The highest BCUT2D eigenvalue weighted by Crippen LogP contribution is 2.20. The summed E-state index contributed by atoms with van der Waals surface area (Å²) in [6, 6.07) is 9.61. The van der Waals surface area contributed by atoms with Crippen molar-refractivity contribution in [2.75, 3.05) is 6.61 Å². The lowest BCUT2D eigenvalue weighted by Crippen LogP contribution is -2.12. The Morgan fingerprint density at radius 3 is 2.65 bits per heavy atom. The van der Waals surface area contributed by atoms with Crippen LogP contribution in [0.2, 0.25) is 0 Å². The van der Waals surface area contributed by atoms with E-state index in [9.17, 15) is 13.6 Å². The molecular weight excluding hydrogens is 300 g/mol. The van der Waals surface area contributed by atoms with Gasteiger partial charge in [-0.2, -0.15) is 8.78 Å². The van der Waals surface area contributed by atoms with E-state index in [4.69, 9.17) is 4.74 Å². The first-order valence-corrected chi connectivity index (χ1v) is 7.80. The maximum Gasteiger partial charge on any atom is 0.354 e. The van der Waals surface area contributed by atoms with Crippen LogP contribution >= 0.6 is 0 Å². The lowest BCUT2D eigenvalue weighted by molar-refractivity contribution is 0.0486. The molecule has 3 nitrogen and oxygen atoms in total. The predicted molar refractivity (Wildman–Crippen MR) is 86.7 cm³/mol. The van der Waals surface area contributed by atoms with Crippen molar-refractivity contribution in [2.24, 2.45) is 0 Å². The van der Waals surface area contributed by atoms with Gasteiger partial charge >= 0.3 is 5.97 Å². The fourth-order valence-corrected chi connectivity index (χ4v) is 2.55. The Balaban J connectivity index is 1.93. The summed E-state index contributed by atoms with van der Waals surface area (Å²) in [6.45, 7) is 4.31. The molecule has 2 aromatic rings. The number of aryl methyl sites for hydroxylation is 1. The van der Waals surface area contributed by atoms with E-state index >= 15 is 0 Å². The Morgan fingerprint density at radius 1 is 1.22 bits per heavy atom. The van der Waals surface area contributed by atoms with Crippen molar-refractivity contribution in [1.29, 1.82) is 0 Å². The molecule has 0 aliphatic rings. The molecule has 5 heteroatoms. The number of halogens is 2. The minimum Gasteiger partial charge on any atom is -0.461 e. The number of rotatable bonds is 7. The summed E-state index contributed by atoms with van der Waals surface area (Å²) in [4.78, 5) is 12.2. The summed E-state index contributed by atoms with van der Waals surface area (Å²) in [5, 5.41) is 1.00. The van der Waals surface area contributed by atoms with Gasteiger partial charge in [-0.15, -0.1) is 0 Å². The minimum atomic E-state index is -1.62. The molecule has 0 aliphatic heterocycles. The number of benzene rings is 1. The third-order valence-electron chi connectivity index (χ3n) is 3.84. The molecule has 1 aromatic carbocycles. The topological polar surface area (TPSA) is 31.2 Å². The number of allylic oxidation sites excluding steroid dienone is 1. The van der Waals surface area contributed by atoms with E-state index in [-0.39, 0.29) is 18.1 Å². The smallest absolute Gasteiger partial charge is 0.354 e. The highest BCUT2D eigenvalue weighted by Gasteiger charge is 2.15. The van der Waals surface area contributed by atoms with E-state index in [1.165, 1.54) is 6.92 Å². The maximum absolute atomic E-state index is 12.3. The molecule has 0 saturated heterocycles. The molecule has 0 atom stereocenters. The third kappa shape index (κ3) is 4.18. The van der Waals surface area contributed by atoms with Gasteiger partial charge in [0.2, 0.25) is 0 Å². The Labute approximate surface area is 134 Å². The average Bonchev–Trinajstić information content (AvgIpc) is 2.92. The Morgan fingerprint density at radius 2 is 1.96 bits per heavy atom. The minimum absolute atomic E-state index is 0.0995. The molecule has 1 aromatic heterocycles. The zero-order chi connectivity index (χ0) is 16.8. The Bertz CT molecular complexity index is 715. The molecule has 2 rings (SSSR count). The number of esters is 1. The number of carbonyl (C=O) groups is 1. The van der Waals surface area contributed by atoms with Crippen LogP contribution in [-0.4, -0.2) is 17.1 Å². The number of nitrogens with zero attached hydrogens (tertiary/aromatic N) is 1. The van der Waals surface area contributed by atoms with Crippen LogP contribution in [0, 0.1) is 0 Å². The van der Waals surface area contributed by atoms with Gasteiger partial charge in [-0.05, 0) is 50.8 Å². The van der Waals surface area contributed by atoms with Gasteiger partial charge in [0.15, 0.2) is 0 Å². The molecular formula is C18H21F2NO2. The molecule has 1 heterocycles. The van der Waals surface area contributed by atoms with E-state index in [0.717, 1.165) is 10.9 Å². The van der Waals surface area contributed by atoms with E-state index in [1.54, 1.807) is 0 Å². The second kappa shape index (κ2) is 7.90. The number of aromatic nitrogens is 1. The van der Waals surface area contributed by atoms with Crippen LogP contribution in [0.1, 0.15) is 43.6 Å². The van der Waals surface area contributed by atoms with E-state index in [1.807, 2.05) is 41.8 Å². The van der Waals surface area contributed by atoms with Crippen LogP contribution < -0.4 is 0 Å². The van der Waals surface area contributed by atoms with Crippen LogP contribution in [0.4, 0.5) is 8.78 Å². The SMILES string of the molecule is CCn1c(C(=O)OCCCCC(C)=C(F)F)cc2ccccc21. The second-order valence-electron chi connectivity index (χ2n) is 5.47. The van der Waals surface area contributed by atoms with Crippen LogP contribution in [-0.2, 0) is 11.3 Å². The van der Waals surface area contributed by atoms with Crippen molar-refractivity contribution in [3.05, 3.63) is 47.7 Å². The maximum atomic E-state index is 12.3. The zero-order valence-corrected chi connectivity index (χ0v) is 13.4. The Kier molecular flexibility index (Phi) is 5.90. The number of hydrogen-bond acceptors (Lipinski definition) is 2. The van der Waals surface area contributed by atoms with Crippen molar-refractivity contribution < 1.29 is 18.3 Å². The lowest BCUT2D eigenvalue weighted by atomic mass is 10.1. The summed E-state index contributed by atoms with van der Waals surface area (Å²) in [7, 11) is 0. The van der Waals surface area contributed by atoms with E-state index in [0.29, 0.717) is 31.5 Å². The number of ether oxygens (including phenoxy) is 1. The first-order valence-electron chi connectivity index (χ1n) is 7.80. The van der Waals surface area contributed by atoms with Crippen molar-refractivity contribution in [3.8, 4) is 0 Å². The molecule has 0 N–H and O–H groups in total. The van der Waals surface area contributed by atoms with Crippen molar-refractivity contribution in [1.82, 2.24) is 4.57 Å². The summed E-state index contributed by atoms with van der Waals surface area (Å²) in [5.41, 5.74) is 1.63. The highest BCUT2D eigenvalue weighted by atomic mass is 19.3. The standard InChI is InChI=1S/C18H21F2NO2/c1-3-21-15-10-5-4-9-14(15)12-16(21)18(22)23-11-7-6-8-13(2)17(19)20/h4-5,9-10,12H,3,6-8,11H2,1-2H3. The first kappa shape index (κ1) is 17.2. The van der Waals surface area contributed by atoms with E-state index < -0.39 is 6.08 Å². The van der Waals surface area contributed by atoms with Crippen molar-refractivity contribution >= 4 is 16.9 Å². The van der Waals surface area contributed by atoms with Crippen molar-refractivity contribution in [3.63, 3.8) is 0 Å². The summed E-state index contributed by atoms with van der Waals surface area (Å²) >= 11 is 0. The van der Waals surface area contributed by atoms with Gasteiger partial charge in [0.25, 0.3) is 6.08 Å². The quantitative estimate of drug-likeness (QED) is 0.521. The number of unbranched alkanes of at least 4 members (excludes halogenated alkanes) is 1. The Hall–Kier alpha value is -2.17. The fourth-order valence-electron chi connectivity index (χ4n) is 2.55. The molecule has 0 bridgehead atoms. The number of para-hydroxylation sites is 1. The summed E-state index contributed by atoms with van der Waals surface area (Å²) < 4.78 is 31.7. The fraction of sp³-hybridized carbons (Fsp3) is 0.389. The van der Waals surface area contributed by atoms with Gasteiger partial charge in [-0.3, -0.25) is 0 Å².